The van der Waals surface area contributed by atoms with Crippen molar-refractivity contribution in [3.8, 4) is 50.6 Å². The molecule has 0 amide bonds. The second kappa shape index (κ2) is 19.8. The lowest BCUT2D eigenvalue weighted by Gasteiger charge is -2.31. The van der Waals surface area contributed by atoms with Crippen LogP contribution in [0.5, 0.6) is 0 Å². The molecular formula is C74H58N4. The summed E-state index contributed by atoms with van der Waals surface area (Å²) >= 11 is 0. The van der Waals surface area contributed by atoms with Crippen molar-refractivity contribution >= 4 is 72.1 Å². The number of anilines is 6. The second-order valence-corrected chi connectivity index (χ2v) is 21.2. The average molecular weight is 1000 g/mol. The van der Waals surface area contributed by atoms with Crippen molar-refractivity contribution in [3.63, 3.8) is 0 Å². The molecule has 78 heavy (non-hydrogen) atoms. The van der Waals surface area contributed by atoms with E-state index in [0.29, 0.717) is 11.3 Å². The SMILES string of the molecule is [C-]#[N+]c1cccc(N(c2cc(-c3c(C)cccc3C)cc(-c3c(C)cccc3C)c2)c2ccc3ccc4c(N(c5cccc(C#N)c5)c5cc(-c6c(C)cccc6C)cc(-c6c(C)cccc6C)c5)ccc5ccc2c3c54)c1. The van der Waals surface area contributed by atoms with Crippen LogP contribution in [0.2, 0.25) is 0 Å². The number of nitriles is 1. The Labute approximate surface area is 458 Å². The Morgan fingerprint density at radius 3 is 1.04 bits per heavy atom. The topological polar surface area (TPSA) is 34.6 Å². The van der Waals surface area contributed by atoms with Crippen molar-refractivity contribution in [2.24, 2.45) is 0 Å². The number of hydrogen-bond donors (Lipinski definition) is 0. The highest BCUT2D eigenvalue weighted by Crippen LogP contribution is 2.50. The van der Waals surface area contributed by atoms with Crippen LogP contribution in [-0.4, -0.2) is 0 Å². The van der Waals surface area contributed by atoms with E-state index in [2.05, 4.69) is 246 Å². The summed E-state index contributed by atoms with van der Waals surface area (Å²) in [5.74, 6) is 0. The highest BCUT2D eigenvalue weighted by molar-refractivity contribution is 6.28. The molecule has 12 aromatic carbocycles. The van der Waals surface area contributed by atoms with Crippen molar-refractivity contribution in [3.05, 3.63) is 268 Å². The first-order valence-electron chi connectivity index (χ1n) is 26.7. The van der Waals surface area contributed by atoms with Crippen molar-refractivity contribution in [2.45, 2.75) is 55.4 Å². The van der Waals surface area contributed by atoms with Gasteiger partial charge in [0, 0.05) is 33.5 Å². The first kappa shape index (κ1) is 49.2. The third-order valence-electron chi connectivity index (χ3n) is 16.0. The maximum absolute atomic E-state index is 10.4. The Bertz CT molecular complexity index is 3960. The summed E-state index contributed by atoms with van der Waals surface area (Å²) in [4.78, 5) is 8.68. The van der Waals surface area contributed by atoms with Crippen LogP contribution in [0, 0.1) is 73.3 Å². The Hall–Kier alpha value is -9.74. The van der Waals surface area contributed by atoms with E-state index in [1.54, 1.807) is 0 Å². The molecule has 0 saturated heterocycles. The molecule has 4 heteroatoms. The quantitative estimate of drug-likeness (QED) is 0.101. The molecule has 0 aromatic heterocycles. The lowest BCUT2D eigenvalue weighted by molar-refractivity contribution is 1.28. The van der Waals surface area contributed by atoms with Gasteiger partial charge in [0.05, 0.1) is 29.6 Å². The van der Waals surface area contributed by atoms with Gasteiger partial charge in [-0.15, -0.1) is 0 Å². The fourth-order valence-electron chi connectivity index (χ4n) is 12.6. The Morgan fingerprint density at radius 2 is 0.679 bits per heavy atom. The van der Waals surface area contributed by atoms with Gasteiger partial charge < -0.3 is 9.80 Å². The molecule has 4 nitrogen and oxygen atoms in total. The van der Waals surface area contributed by atoms with Gasteiger partial charge in [-0.05, 0) is 245 Å². The van der Waals surface area contributed by atoms with Crippen LogP contribution in [0.25, 0.3) is 81.7 Å². The van der Waals surface area contributed by atoms with Crippen LogP contribution < -0.4 is 9.80 Å². The minimum absolute atomic E-state index is 0.573. The largest absolute Gasteiger partial charge is 0.311 e. The van der Waals surface area contributed by atoms with Crippen molar-refractivity contribution in [1.29, 1.82) is 5.26 Å². The number of nitrogens with zero attached hydrogens (tertiary/aromatic N) is 4. The van der Waals surface area contributed by atoms with Gasteiger partial charge in [0.25, 0.3) is 0 Å². The zero-order valence-corrected chi connectivity index (χ0v) is 45.4. The second-order valence-electron chi connectivity index (χ2n) is 21.2. The number of aryl methyl sites for hydroxylation is 8. The molecule has 0 unspecified atom stereocenters. The Morgan fingerprint density at radius 1 is 0.346 bits per heavy atom. The predicted octanol–water partition coefficient (Wildman–Crippen LogP) is 21.1. The maximum Gasteiger partial charge on any atom is 0.189 e. The lowest BCUT2D eigenvalue weighted by atomic mass is 9.89. The maximum atomic E-state index is 10.4. The lowest BCUT2D eigenvalue weighted by Crippen LogP contribution is -2.12. The number of benzene rings is 12. The monoisotopic (exact) mass is 1000 g/mol. The van der Waals surface area contributed by atoms with Crippen LogP contribution in [0.15, 0.2) is 206 Å². The van der Waals surface area contributed by atoms with Crippen LogP contribution in [-0.2, 0) is 0 Å². The normalized spacial score (nSPS) is 11.3. The summed E-state index contributed by atoms with van der Waals surface area (Å²) in [7, 11) is 0. The molecule has 0 radical (unpaired) electrons. The Kier molecular flexibility index (Phi) is 12.4. The zero-order chi connectivity index (χ0) is 53.9. The van der Waals surface area contributed by atoms with Crippen molar-refractivity contribution in [1.82, 2.24) is 0 Å². The molecule has 0 N–H and O–H groups in total. The van der Waals surface area contributed by atoms with Crippen LogP contribution in [0.3, 0.4) is 0 Å². The van der Waals surface area contributed by atoms with Crippen molar-refractivity contribution in [2.75, 3.05) is 9.80 Å². The third-order valence-corrected chi connectivity index (χ3v) is 16.0. The van der Waals surface area contributed by atoms with E-state index in [-0.39, 0.29) is 0 Å². The third kappa shape index (κ3) is 8.49. The molecule has 12 rings (SSSR count). The van der Waals surface area contributed by atoms with Crippen LogP contribution >= 0.6 is 0 Å². The number of hydrogen-bond acceptors (Lipinski definition) is 3. The summed E-state index contributed by atoms with van der Waals surface area (Å²) in [6.45, 7) is 25.8. The molecule has 0 spiro atoms. The number of rotatable bonds is 10. The van der Waals surface area contributed by atoms with E-state index in [0.717, 1.165) is 88.7 Å². The van der Waals surface area contributed by atoms with Gasteiger partial charge in [-0.2, -0.15) is 5.26 Å². The van der Waals surface area contributed by atoms with Gasteiger partial charge in [0.2, 0.25) is 0 Å². The van der Waals surface area contributed by atoms with E-state index < -0.39 is 0 Å². The smallest absolute Gasteiger partial charge is 0.189 e. The molecule has 0 fully saturated rings. The first-order valence-corrected chi connectivity index (χ1v) is 26.7. The summed E-state index contributed by atoms with van der Waals surface area (Å²) < 4.78 is 0. The van der Waals surface area contributed by atoms with E-state index in [1.165, 1.54) is 66.8 Å². The molecule has 0 atom stereocenters. The minimum atomic E-state index is 0.573. The Balaban J connectivity index is 1.14. The van der Waals surface area contributed by atoms with Crippen LogP contribution in [0.4, 0.5) is 39.8 Å². The van der Waals surface area contributed by atoms with E-state index in [9.17, 15) is 5.26 Å². The molecule has 0 bridgehead atoms. The highest BCUT2D eigenvalue weighted by atomic mass is 15.2. The average Bonchev–Trinajstić information content (AvgIpc) is 3.47. The summed E-state index contributed by atoms with van der Waals surface area (Å²) in [5.41, 5.74) is 26.1. The summed E-state index contributed by atoms with van der Waals surface area (Å²) in [6.07, 6.45) is 0. The van der Waals surface area contributed by atoms with Gasteiger partial charge in [-0.1, -0.05) is 127 Å². The predicted molar refractivity (Wildman–Crippen MR) is 330 cm³/mol. The molecule has 374 valence electrons. The van der Waals surface area contributed by atoms with Crippen LogP contribution in [0.1, 0.15) is 50.1 Å². The molecule has 12 aromatic rings. The molecule has 0 heterocycles. The van der Waals surface area contributed by atoms with Gasteiger partial charge in [0.15, 0.2) is 5.69 Å². The minimum Gasteiger partial charge on any atom is -0.311 e. The highest BCUT2D eigenvalue weighted by Gasteiger charge is 2.25. The standard InChI is InChI=1S/C74H58N4/c1-45-16-10-17-46(2)69(45)56-37-57(70-47(3)18-11-19-48(70)4)40-63(39-56)77(61-26-14-24-53(36-61)44-75)67-34-30-54-29-33-66-68(35-31-55-28-32-65(67)73(54)74(55)66)78(62-27-15-25-60(43-62)76-9)64-41-58(71-49(5)20-12-21-50(71)6)38-59(42-64)72-51(7)22-13-23-52(72)8/h10-43H,1-8H3. The van der Waals surface area contributed by atoms with E-state index in [4.69, 9.17) is 6.57 Å². The van der Waals surface area contributed by atoms with E-state index in [1.807, 2.05) is 36.4 Å². The van der Waals surface area contributed by atoms with Gasteiger partial charge in [-0.3, -0.25) is 0 Å². The molecular weight excluding hydrogens is 945 g/mol. The molecule has 0 aliphatic carbocycles. The van der Waals surface area contributed by atoms with Gasteiger partial charge >= 0.3 is 0 Å². The summed E-state index contributed by atoms with van der Waals surface area (Å²) in [6, 6.07) is 76.8. The zero-order valence-electron chi connectivity index (χ0n) is 45.4. The van der Waals surface area contributed by atoms with Gasteiger partial charge in [0.1, 0.15) is 0 Å². The first-order chi connectivity index (χ1) is 37.9. The molecule has 0 saturated carbocycles. The molecule has 0 aliphatic rings. The van der Waals surface area contributed by atoms with Gasteiger partial charge in [-0.25, -0.2) is 4.85 Å². The fourth-order valence-corrected chi connectivity index (χ4v) is 12.6. The van der Waals surface area contributed by atoms with E-state index >= 15 is 0 Å². The molecule has 0 aliphatic heterocycles. The summed E-state index contributed by atoms with van der Waals surface area (Å²) in [5, 5.41) is 17.2. The fraction of sp³-hybridized carbons (Fsp3) is 0.108. The van der Waals surface area contributed by atoms with Crippen molar-refractivity contribution < 1.29 is 0 Å².